The van der Waals surface area contributed by atoms with Gasteiger partial charge in [-0.25, -0.2) is 24.3 Å². The zero-order valence-electron chi connectivity index (χ0n) is 15.7. The van der Waals surface area contributed by atoms with Crippen molar-refractivity contribution in [1.29, 1.82) is 0 Å². The van der Waals surface area contributed by atoms with Crippen LogP contribution in [0.5, 0.6) is 0 Å². The van der Waals surface area contributed by atoms with Gasteiger partial charge in [-0.2, -0.15) is 36.4 Å². The summed E-state index contributed by atoms with van der Waals surface area (Å²) in [7, 11) is 12.7. The first-order valence-corrected chi connectivity index (χ1v) is 21.1. The van der Waals surface area contributed by atoms with E-state index in [4.69, 9.17) is 17.0 Å². The van der Waals surface area contributed by atoms with Crippen molar-refractivity contribution in [2.45, 2.75) is 12.1 Å². The van der Waals surface area contributed by atoms with Crippen LogP contribution in [0.1, 0.15) is 11.1 Å². The maximum Gasteiger partial charge on any atom is -0.172 e. The SMILES string of the molecule is [Cl][Zr]([Cl])=[Si](Cc1ccccc1)Cc1ccccc1.c1cc[cH-]c1.c1cc[cH-]c1. The van der Waals surface area contributed by atoms with E-state index in [9.17, 15) is 0 Å². The molecule has 0 bridgehead atoms. The summed E-state index contributed by atoms with van der Waals surface area (Å²) >= 11 is -2.14. The van der Waals surface area contributed by atoms with Gasteiger partial charge in [-0.3, -0.25) is 0 Å². The average Bonchev–Trinajstić information content (AvgIpc) is 3.48. The third kappa shape index (κ3) is 10.4. The summed E-state index contributed by atoms with van der Waals surface area (Å²) in [5.74, 6) is 0. The maximum absolute atomic E-state index is 6.35. The molecule has 0 aromatic heterocycles. The predicted molar refractivity (Wildman–Crippen MR) is 122 cm³/mol. The average molecular weight is 503 g/mol. The minimum atomic E-state index is -2.14. The molecule has 4 heteroatoms. The molecule has 0 radical (unpaired) electrons. The predicted octanol–water partition coefficient (Wildman–Crippen LogP) is 7.28. The van der Waals surface area contributed by atoms with Crippen molar-refractivity contribution in [3.8, 4) is 0 Å². The van der Waals surface area contributed by atoms with Crippen LogP contribution in [-0.2, 0) is 30.1 Å². The van der Waals surface area contributed by atoms with Crippen molar-refractivity contribution in [2.24, 2.45) is 0 Å². The van der Waals surface area contributed by atoms with Gasteiger partial charge in [-0.05, 0) is 0 Å². The number of halogens is 2. The molecule has 0 atom stereocenters. The molecular weight excluding hydrogens is 478 g/mol. The van der Waals surface area contributed by atoms with Crippen molar-refractivity contribution in [2.75, 3.05) is 0 Å². The summed E-state index contributed by atoms with van der Waals surface area (Å²) in [4.78, 5) is 0. The van der Waals surface area contributed by atoms with Gasteiger partial charge in [-0.1, -0.05) is 0 Å². The first-order chi connectivity index (χ1) is 13.8. The number of hydrogen-bond donors (Lipinski definition) is 0. The zero-order valence-corrected chi connectivity index (χ0v) is 20.7. The fourth-order valence-electron chi connectivity index (χ4n) is 2.52. The Morgan fingerprint density at radius 1 is 0.571 bits per heavy atom. The van der Waals surface area contributed by atoms with Crippen molar-refractivity contribution in [1.82, 2.24) is 0 Å². The Kier molecular flexibility index (Phi) is 12.2. The van der Waals surface area contributed by atoms with Crippen LogP contribution >= 0.6 is 17.0 Å². The van der Waals surface area contributed by atoms with E-state index in [1.165, 1.54) is 11.1 Å². The molecule has 0 saturated carbocycles. The number of hydrogen-bond acceptors (Lipinski definition) is 0. The van der Waals surface area contributed by atoms with E-state index in [1.807, 2.05) is 72.8 Å². The van der Waals surface area contributed by atoms with Crippen molar-refractivity contribution < 1.29 is 18.0 Å². The summed E-state index contributed by atoms with van der Waals surface area (Å²) < 4.78 is 0. The van der Waals surface area contributed by atoms with Crippen LogP contribution in [0.4, 0.5) is 0 Å². The molecule has 0 aliphatic heterocycles. The molecule has 4 aromatic rings. The van der Waals surface area contributed by atoms with E-state index in [0.29, 0.717) is 0 Å². The number of rotatable bonds is 4. The molecule has 0 saturated heterocycles. The number of benzene rings is 2. The Balaban J connectivity index is 0.000000226. The maximum atomic E-state index is 6.35. The molecule has 0 nitrogen and oxygen atoms in total. The summed E-state index contributed by atoms with van der Waals surface area (Å²) in [5.41, 5.74) is 2.11. The molecule has 0 unspecified atom stereocenters. The minimum absolute atomic E-state index is 0.639. The molecule has 0 heterocycles. The molecule has 0 fully saturated rings. The first kappa shape index (κ1) is 23.1. The normalized spacial score (nSPS) is 9.36. The van der Waals surface area contributed by atoms with Crippen LogP contribution in [0.15, 0.2) is 121 Å². The van der Waals surface area contributed by atoms with Crippen LogP contribution in [0.3, 0.4) is 0 Å². The molecule has 0 aliphatic rings. The van der Waals surface area contributed by atoms with E-state index in [0.717, 1.165) is 12.1 Å². The van der Waals surface area contributed by atoms with Crippen LogP contribution < -0.4 is 0 Å². The summed E-state index contributed by atoms with van der Waals surface area (Å²) in [5, 5.41) is 0. The minimum Gasteiger partial charge on any atom is -0.214 e. The fourth-order valence-corrected chi connectivity index (χ4v) is 14.1. The van der Waals surface area contributed by atoms with Gasteiger partial charge >= 0.3 is 124 Å². The van der Waals surface area contributed by atoms with Gasteiger partial charge < -0.3 is 0 Å². The van der Waals surface area contributed by atoms with Gasteiger partial charge in [-0.15, -0.1) is 0 Å². The van der Waals surface area contributed by atoms with Crippen LogP contribution in [0.25, 0.3) is 0 Å². The van der Waals surface area contributed by atoms with Crippen molar-refractivity contribution in [3.05, 3.63) is 132 Å². The summed E-state index contributed by atoms with van der Waals surface area (Å²) in [6, 6.07) is 43.3. The van der Waals surface area contributed by atoms with Crippen LogP contribution in [-0.4, -0.2) is 5.43 Å². The molecule has 144 valence electrons. The van der Waals surface area contributed by atoms with Gasteiger partial charge in [0.2, 0.25) is 0 Å². The quantitative estimate of drug-likeness (QED) is 0.203. The molecule has 4 aromatic carbocycles. The molecule has 4 rings (SSSR count). The Hall–Kier alpha value is -1.18. The Bertz CT molecular complexity index is 763. The third-order valence-electron chi connectivity index (χ3n) is 3.90. The summed E-state index contributed by atoms with van der Waals surface area (Å²) in [6.45, 7) is 0. The second-order valence-corrected chi connectivity index (χ2v) is 26.8. The van der Waals surface area contributed by atoms with E-state index in [1.54, 1.807) is 0 Å². The molecule has 0 spiro atoms. The molecule has 0 N–H and O–H groups in total. The largest absolute Gasteiger partial charge is 0.214 e. The summed E-state index contributed by atoms with van der Waals surface area (Å²) in [6.07, 6.45) is 0. The molecule has 0 aliphatic carbocycles. The van der Waals surface area contributed by atoms with Crippen LogP contribution in [0.2, 0.25) is 0 Å². The standard InChI is InChI=1S/C14H14Si.2C5H5.2ClH.Zr/c1-3-7-13(8-4-1)11-15-12-14-9-5-2-6-10-14;2*1-2-4-5-3-1;;;/h1-10H,11-12H2;2*1-5H;2*1H;/q;2*-1;;;+2/p-2. The Morgan fingerprint density at radius 3 is 1.18 bits per heavy atom. The van der Waals surface area contributed by atoms with Crippen molar-refractivity contribution >= 4 is 22.5 Å². The molecular formula is C24H24Cl2SiZr-2. The van der Waals surface area contributed by atoms with Crippen molar-refractivity contribution in [3.63, 3.8) is 0 Å². The third-order valence-corrected chi connectivity index (χ3v) is 22.1. The Labute approximate surface area is 183 Å². The first-order valence-electron chi connectivity index (χ1n) is 9.20. The Morgan fingerprint density at radius 2 is 0.929 bits per heavy atom. The van der Waals surface area contributed by atoms with Gasteiger partial charge in [0.1, 0.15) is 0 Å². The molecule has 0 amide bonds. The monoisotopic (exact) mass is 500 g/mol. The van der Waals surface area contributed by atoms with Crippen LogP contribution in [0, 0.1) is 0 Å². The smallest absolute Gasteiger partial charge is 0.172 e. The van der Waals surface area contributed by atoms with E-state index < -0.39 is 23.4 Å². The zero-order chi connectivity index (χ0) is 19.9. The van der Waals surface area contributed by atoms with E-state index in [-0.39, 0.29) is 0 Å². The fraction of sp³-hybridized carbons (Fsp3) is 0.0833. The molecule has 28 heavy (non-hydrogen) atoms. The van der Waals surface area contributed by atoms with Gasteiger partial charge in [0.15, 0.2) is 0 Å². The van der Waals surface area contributed by atoms with E-state index >= 15 is 0 Å². The van der Waals surface area contributed by atoms with Gasteiger partial charge in [0.25, 0.3) is 0 Å². The van der Waals surface area contributed by atoms with Gasteiger partial charge in [0, 0.05) is 0 Å². The van der Waals surface area contributed by atoms with E-state index in [2.05, 4.69) is 48.5 Å². The second kappa shape index (κ2) is 14.8. The topological polar surface area (TPSA) is 0 Å². The second-order valence-electron chi connectivity index (χ2n) is 6.11. The van der Waals surface area contributed by atoms with Gasteiger partial charge in [0.05, 0.1) is 0 Å².